The number of hydrogen-bond donors (Lipinski definition) is 1. The first-order valence-electron chi connectivity index (χ1n) is 6.18. The third-order valence-electron chi connectivity index (χ3n) is 2.86. The molecule has 1 aliphatic rings. The Balaban J connectivity index is 1.86. The van der Waals surface area contributed by atoms with Crippen molar-refractivity contribution < 1.29 is 0 Å². The minimum atomic E-state index is 0.682. The van der Waals surface area contributed by atoms with Crippen LogP contribution in [0.4, 0.5) is 0 Å². The number of hydrogen-bond acceptors (Lipinski definition) is 3. The molecule has 2 rings (SSSR count). The van der Waals surface area contributed by atoms with E-state index in [4.69, 9.17) is 0 Å². The Morgan fingerprint density at radius 2 is 2.12 bits per heavy atom. The van der Waals surface area contributed by atoms with Crippen LogP contribution in [0.15, 0.2) is 12.5 Å². The third-order valence-corrected chi connectivity index (χ3v) is 2.86. The van der Waals surface area contributed by atoms with Crippen LogP contribution in [0.3, 0.4) is 0 Å². The van der Waals surface area contributed by atoms with E-state index in [1.807, 2.05) is 6.33 Å². The van der Waals surface area contributed by atoms with Crippen molar-refractivity contribution in [2.24, 2.45) is 5.92 Å². The smallest absolute Gasteiger partial charge is 0.0950 e. The molecule has 0 aromatic carbocycles. The van der Waals surface area contributed by atoms with E-state index in [9.17, 15) is 0 Å². The van der Waals surface area contributed by atoms with Crippen molar-refractivity contribution in [1.82, 2.24) is 19.8 Å². The number of imidazole rings is 1. The molecule has 0 unspecified atom stereocenters. The number of rotatable bonds is 4. The van der Waals surface area contributed by atoms with E-state index in [0.717, 1.165) is 39.3 Å². The summed E-state index contributed by atoms with van der Waals surface area (Å²) in [4.78, 5) is 6.92. The summed E-state index contributed by atoms with van der Waals surface area (Å²) in [5.74, 6) is 0.682. The van der Waals surface area contributed by atoms with Gasteiger partial charge in [0.05, 0.1) is 12.0 Å². The van der Waals surface area contributed by atoms with Gasteiger partial charge in [-0.05, 0) is 5.92 Å². The van der Waals surface area contributed by atoms with Crippen molar-refractivity contribution in [2.45, 2.75) is 26.9 Å². The maximum atomic E-state index is 4.46. The second-order valence-electron chi connectivity index (χ2n) is 4.98. The van der Waals surface area contributed by atoms with E-state index >= 15 is 0 Å². The topological polar surface area (TPSA) is 33.1 Å². The summed E-state index contributed by atoms with van der Waals surface area (Å²) in [5.41, 5.74) is 1.20. The SMILES string of the molecule is CC(C)Cn1cnc(CN2CCNCC2)c1. The van der Waals surface area contributed by atoms with Crippen LogP contribution in [0.25, 0.3) is 0 Å². The quantitative estimate of drug-likeness (QED) is 0.823. The first-order valence-corrected chi connectivity index (χ1v) is 6.18. The lowest BCUT2D eigenvalue weighted by Crippen LogP contribution is -2.42. The maximum absolute atomic E-state index is 4.46. The van der Waals surface area contributed by atoms with Crippen LogP contribution in [-0.2, 0) is 13.1 Å². The second kappa shape index (κ2) is 5.46. The van der Waals surface area contributed by atoms with E-state index in [1.54, 1.807) is 0 Å². The first kappa shape index (κ1) is 11.6. The second-order valence-corrected chi connectivity index (χ2v) is 4.98. The van der Waals surface area contributed by atoms with Crippen molar-refractivity contribution in [3.8, 4) is 0 Å². The third kappa shape index (κ3) is 3.32. The molecule has 0 bridgehead atoms. The van der Waals surface area contributed by atoms with Gasteiger partial charge in [0.2, 0.25) is 0 Å². The number of nitrogens with zero attached hydrogens (tertiary/aromatic N) is 3. The normalized spacial score (nSPS) is 18.2. The fraction of sp³-hybridized carbons (Fsp3) is 0.750. The summed E-state index contributed by atoms with van der Waals surface area (Å²) >= 11 is 0. The Morgan fingerprint density at radius 1 is 1.38 bits per heavy atom. The van der Waals surface area contributed by atoms with Gasteiger partial charge in [-0.1, -0.05) is 13.8 Å². The molecule has 90 valence electrons. The molecule has 2 heterocycles. The summed E-state index contributed by atoms with van der Waals surface area (Å²) in [5, 5.41) is 3.36. The van der Waals surface area contributed by atoms with Gasteiger partial charge in [0, 0.05) is 45.5 Å². The van der Waals surface area contributed by atoms with Gasteiger partial charge >= 0.3 is 0 Å². The van der Waals surface area contributed by atoms with Gasteiger partial charge in [-0.25, -0.2) is 4.98 Å². The highest BCUT2D eigenvalue weighted by atomic mass is 15.2. The van der Waals surface area contributed by atoms with Gasteiger partial charge in [-0.3, -0.25) is 4.90 Å². The summed E-state index contributed by atoms with van der Waals surface area (Å²) < 4.78 is 2.20. The summed E-state index contributed by atoms with van der Waals surface area (Å²) in [6.07, 6.45) is 4.14. The molecule has 4 nitrogen and oxygen atoms in total. The Kier molecular flexibility index (Phi) is 3.96. The molecule has 1 N–H and O–H groups in total. The lowest BCUT2D eigenvalue weighted by Gasteiger charge is -2.26. The zero-order valence-corrected chi connectivity index (χ0v) is 10.3. The van der Waals surface area contributed by atoms with Crippen LogP contribution in [0.5, 0.6) is 0 Å². The molecule has 0 amide bonds. The minimum Gasteiger partial charge on any atom is -0.337 e. The molecule has 1 aliphatic heterocycles. The summed E-state index contributed by atoms with van der Waals surface area (Å²) in [6.45, 7) is 11.0. The average Bonchev–Trinajstić information content (AvgIpc) is 2.66. The molecular formula is C12H22N4. The number of piperazine rings is 1. The molecular weight excluding hydrogens is 200 g/mol. The van der Waals surface area contributed by atoms with Gasteiger partial charge < -0.3 is 9.88 Å². The predicted molar refractivity (Wildman–Crippen MR) is 65.2 cm³/mol. The standard InChI is InChI=1S/C12H22N4/c1-11(2)7-16-9-12(14-10-16)8-15-5-3-13-4-6-15/h9-11,13H,3-8H2,1-2H3. The van der Waals surface area contributed by atoms with E-state index in [0.29, 0.717) is 5.92 Å². The number of aromatic nitrogens is 2. The van der Waals surface area contributed by atoms with Crippen molar-refractivity contribution in [1.29, 1.82) is 0 Å². The van der Waals surface area contributed by atoms with Gasteiger partial charge in [-0.2, -0.15) is 0 Å². The molecule has 1 aromatic heterocycles. The van der Waals surface area contributed by atoms with Crippen molar-refractivity contribution in [3.63, 3.8) is 0 Å². The Hall–Kier alpha value is -0.870. The first-order chi connectivity index (χ1) is 7.74. The molecule has 1 saturated heterocycles. The van der Waals surface area contributed by atoms with E-state index in [2.05, 4.69) is 39.8 Å². The number of nitrogens with one attached hydrogen (secondary N) is 1. The van der Waals surface area contributed by atoms with E-state index in [-0.39, 0.29) is 0 Å². The predicted octanol–water partition coefficient (Wildman–Crippen LogP) is 0.944. The lowest BCUT2D eigenvalue weighted by atomic mass is 10.2. The monoisotopic (exact) mass is 222 g/mol. The zero-order chi connectivity index (χ0) is 11.4. The lowest BCUT2D eigenvalue weighted by molar-refractivity contribution is 0.231. The fourth-order valence-electron chi connectivity index (χ4n) is 2.11. The van der Waals surface area contributed by atoms with Crippen LogP contribution in [0, 0.1) is 5.92 Å². The maximum Gasteiger partial charge on any atom is 0.0950 e. The Morgan fingerprint density at radius 3 is 2.81 bits per heavy atom. The van der Waals surface area contributed by atoms with Gasteiger partial charge in [0.15, 0.2) is 0 Å². The summed E-state index contributed by atoms with van der Waals surface area (Å²) in [7, 11) is 0. The average molecular weight is 222 g/mol. The largest absolute Gasteiger partial charge is 0.337 e. The van der Waals surface area contributed by atoms with Gasteiger partial charge in [-0.15, -0.1) is 0 Å². The van der Waals surface area contributed by atoms with Crippen molar-refractivity contribution >= 4 is 0 Å². The molecule has 0 radical (unpaired) electrons. The van der Waals surface area contributed by atoms with Crippen LogP contribution < -0.4 is 5.32 Å². The summed E-state index contributed by atoms with van der Waals surface area (Å²) in [6, 6.07) is 0. The molecule has 4 heteroatoms. The minimum absolute atomic E-state index is 0.682. The highest BCUT2D eigenvalue weighted by molar-refractivity contribution is 4.97. The molecule has 0 spiro atoms. The zero-order valence-electron chi connectivity index (χ0n) is 10.3. The van der Waals surface area contributed by atoms with Gasteiger partial charge in [0.1, 0.15) is 0 Å². The molecule has 0 atom stereocenters. The van der Waals surface area contributed by atoms with Crippen LogP contribution in [0.2, 0.25) is 0 Å². The Labute approximate surface area is 97.7 Å². The van der Waals surface area contributed by atoms with Crippen molar-refractivity contribution in [3.05, 3.63) is 18.2 Å². The molecule has 1 fully saturated rings. The Bertz CT molecular complexity index is 313. The highest BCUT2D eigenvalue weighted by Crippen LogP contribution is 2.05. The van der Waals surface area contributed by atoms with Crippen LogP contribution >= 0.6 is 0 Å². The van der Waals surface area contributed by atoms with E-state index in [1.165, 1.54) is 5.69 Å². The molecule has 16 heavy (non-hydrogen) atoms. The van der Waals surface area contributed by atoms with Crippen LogP contribution in [-0.4, -0.2) is 40.6 Å². The molecule has 0 aliphatic carbocycles. The van der Waals surface area contributed by atoms with Crippen LogP contribution in [0.1, 0.15) is 19.5 Å². The fourth-order valence-corrected chi connectivity index (χ4v) is 2.11. The van der Waals surface area contributed by atoms with Gasteiger partial charge in [0.25, 0.3) is 0 Å². The van der Waals surface area contributed by atoms with E-state index < -0.39 is 0 Å². The highest BCUT2D eigenvalue weighted by Gasteiger charge is 2.11. The molecule has 0 saturated carbocycles. The van der Waals surface area contributed by atoms with Crippen molar-refractivity contribution in [2.75, 3.05) is 26.2 Å². The molecule has 1 aromatic rings.